The fourth-order valence-electron chi connectivity index (χ4n) is 4.36. The minimum Gasteiger partial charge on any atom is -0.367 e. The van der Waals surface area contributed by atoms with Crippen molar-refractivity contribution in [3.63, 3.8) is 0 Å². The number of carbonyl (C=O) groups is 3. The van der Waals surface area contributed by atoms with Crippen LogP contribution >= 0.6 is 11.6 Å². The van der Waals surface area contributed by atoms with Crippen LogP contribution in [0.3, 0.4) is 0 Å². The molecule has 0 spiro atoms. The van der Waals surface area contributed by atoms with E-state index in [1.54, 1.807) is 35.2 Å². The second-order valence-corrected chi connectivity index (χ2v) is 9.73. The van der Waals surface area contributed by atoms with E-state index in [9.17, 15) is 14.4 Å². The highest BCUT2D eigenvalue weighted by Gasteiger charge is 2.27. The molecule has 0 aliphatic carbocycles. The lowest BCUT2D eigenvalue weighted by molar-refractivity contribution is -0.118. The van der Waals surface area contributed by atoms with E-state index in [1.165, 1.54) is 0 Å². The van der Waals surface area contributed by atoms with Gasteiger partial charge in [0, 0.05) is 67.3 Å². The van der Waals surface area contributed by atoms with E-state index in [4.69, 9.17) is 11.6 Å². The number of piperazine rings is 1. The molecule has 0 atom stereocenters. The normalized spacial score (nSPS) is 15.9. The van der Waals surface area contributed by atoms with Crippen LogP contribution in [-0.2, 0) is 4.79 Å². The molecule has 0 aromatic heterocycles. The van der Waals surface area contributed by atoms with E-state index in [-0.39, 0.29) is 23.8 Å². The van der Waals surface area contributed by atoms with Crippen LogP contribution in [-0.4, -0.2) is 66.9 Å². The van der Waals surface area contributed by atoms with Crippen LogP contribution in [0.1, 0.15) is 37.0 Å². The molecule has 0 bridgehead atoms. The molecule has 186 valence electrons. The average molecular weight is 498 g/mol. The Morgan fingerprint density at radius 1 is 0.829 bits per heavy atom. The highest BCUT2D eigenvalue weighted by atomic mass is 35.5. The van der Waals surface area contributed by atoms with Crippen LogP contribution in [0.2, 0.25) is 5.02 Å². The lowest BCUT2D eigenvalue weighted by Crippen LogP contribution is -2.50. The Kier molecular flexibility index (Phi) is 7.80. The molecular weight excluding hydrogens is 466 g/mol. The summed E-state index contributed by atoms with van der Waals surface area (Å²) in [5.74, 6) is -0.255. The van der Waals surface area contributed by atoms with Gasteiger partial charge < -0.3 is 25.3 Å². The van der Waals surface area contributed by atoms with Gasteiger partial charge in [-0.2, -0.15) is 0 Å². The van der Waals surface area contributed by atoms with E-state index < -0.39 is 0 Å². The summed E-state index contributed by atoms with van der Waals surface area (Å²) in [6, 6.07) is 12.4. The smallest absolute Gasteiger partial charge is 0.321 e. The van der Waals surface area contributed by atoms with Crippen molar-refractivity contribution in [3.8, 4) is 0 Å². The molecule has 2 aliphatic heterocycles. The van der Waals surface area contributed by atoms with Crippen molar-refractivity contribution >= 4 is 46.5 Å². The van der Waals surface area contributed by atoms with Gasteiger partial charge in [0.15, 0.2) is 0 Å². The minimum atomic E-state index is -0.174. The molecule has 35 heavy (non-hydrogen) atoms. The summed E-state index contributed by atoms with van der Waals surface area (Å²) in [4.78, 5) is 44.1. The van der Waals surface area contributed by atoms with Gasteiger partial charge in [0.25, 0.3) is 5.91 Å². The maximum Gasteiger partial charge on any atom is 0.321 e. The number of nitrogens with one attached hydrogen (secondary N) is 2. The summed E-state index contributed by atoms with van der Waals surface area (Å²) in [6.07, 6.45) is 2.01. The van der Waals surface area contributed by atoms with E-state index in [1.807, 2.05) is 30.9 Å². The van der Waals surface area contributed by atoms with Crippen LogP contribution in [0.4, 0.5) is 21.9 Å². The van der Waals surface area contributed by atoms with Crippen LogP contribution < -0.4 is 15.5 Å². The Hall–Kier alpha value is -3.26. The maximum absolute atomic E-state index is 13.4. The lowest BCUT2D eigenvalue weighted by Gasteiger charge is -2.37. The molecule has 4 amide bonds. The number of urea groups is 1. The molecule has 2 N–H and O–H groups in total. The highest BCUT2D eigenvalue weighted by Crippen LogP contribution is 2.28. The first kappa shape index (κ1) is 24.9. The van der Waals surface area contributed by atoms with E-state index >= 15 is 0 Å². The molecule has 2 fully saturated rings. The van der Waals surface area contributed by atoms with Gasteiger partial charge in [0.1, 0.15) is 0 Å². The summed E-state index contributed by atoms with van der Waals surface area (Å²) in [7, 11) is 0. The first-order valence-corrected chi connectivity index (χ1v) is 12.5. The van der Waals surface area contributed by atoms with E-state index in [0.717, 1.165) is 31.6 Å². The predicted octanol–water partition coefficient (Wildman–Crippen LogP) is 4.52. The molecule has 2 aliphatic rings. The van der Waals surface area contributed by atoms with Crippen molar-refractivity contribution in [3.05, 3.63) is 53.1 Å². The number of anilines is 3. The number of carbonyl (C=O) groups excluding carboxylic acids is 3. The van der Waals surface area contributed by atoms with Crippen LogP contribution in [0, 0.1) is 5.92 Å². The molecule has 2 heterocycles. The number of rotatable bonds is 5. The summed E-state index contributed by atoms with van der Waals surface area (Å²) in [5, 5.41) is 6.36. The summed E-state index contributed by atoms with van der Waals surface area (Å²) >= 11 is 6.02. The molecule has 0 unspecified atom stereocenters. The summed E-state index contributed by atoms with van der Waals surface area (Å²) in [6.45, 7) is 7.41. The largest absolute Gasteiger partial charge is 0.367 e. The van der Waals surface area contributed by atoms with Crippen molar-refractivity contribution in [2.24, 2.45) is 5.92 Å². The monoisotopic (exact) mass is 497 g/mol. The third-order valence-electron chi connectivity index (χ3n) is 6.40. The second-order valence-electron chi connectivity index (χ2n) is 9.29. The molecule has 4 rings (SSSR count). The quantitative estimate of drug-likeness (QED) is 0.635. The molecule has 2 saturated heterocycles. The van der Waals surface area contributed by atoms with E-state index in [0.29, 0.717) is 48.1 Å². The van der Waals surface area contributed by atoms with Gasteiger partial charge >= 0.3 is 6.03 Å². The Labute approximate surface area is 211 Å². The second kappa shape index (κ2) is 11.0. The maximum atomic E-state index is 13.4. The number of hydrogen-bond acceptors (Lipinski definition) is 4. The summed E-state index contributed by atoms with van der Waals surface area (Å²) < 4.78 is 0. The molecule has 0 saturated carbocycles. The Balaban J connectivity index is 1.48. The predicted molar refractivity (Wildman–Crippen MR) is 139 cm³/mol. The Morgan fingerprint density at radius 3 is 2.17 bits per heavy atom. The molecule has 2 aromatic carbocycles. The zero-order chi connectivity index (χ0) is 24.9. The molecular formula is C26H32ClN5O3. The van der Waals surface area contributed by atoms with Gasteiger partial charge in [0.2, 0.25) is 5.91 Å². The van der Waals surface area contributed by atoms with Crippen molar-refractivity contribution in [2.45, 2.75) is 26.7 Å². The fraction of sp³-hybridized carbons (Fsp3) is 0.423. The van der Waals surface area contributed by atoms with Gasteiger partial charge in [-0.25, -0.2) is 4.79 Å². The first-order chi connectivity index (χ1) is 16.8. The van der Waals surface area contributed by atoms with Gasteiger partial charge in [-0.05, 0) is 49.2 Å². The zero-order valence-corrected chi connectivity index (χ0v) is 21.0. The van der Waals surface area contributed by atoms with Crippen LogP contribution in [0.25, 0.3) is 0 Å². The van der Waals surface area contributed by atoms with Crippen molar-refractivity contribution in [2.75, 3.05) is 54.8 Å². The third kappa shape index (κ3) is 6.06. The number of nitrogens with zero attached hydrogens (tertiary/aromatic N) is 3. The van der Waals surface area contributed by atoms with Gasteiger partial charge in [-0.15, -0.1) is 0 Å². The van der Waals surface area contributed by atoms with Crippen molar-refractivity contribution in [1.29, 1.82) is 0 Å². The molecule has 2 aromatic rings. The number of likely N-dealkylation sites (tertiary alicyclic amines) is 1. The van der Waals surface area contributed by atoms with Gasteiger partial charge in [-0.1, -0.05) is 31.5 Å². The number of amides is 4. The first-order valence-electron chi connectivity index (χ1n) is 12.1. The zero-order valence-electron chi connectivity index (χ0n) is 20.2. The summed E-state index contributed by atoms with van der Waals surface area (Å²) in [5.41, 5.74) is 2.70. The van der Waals surface area contributed by atoms with E-state index in [2.05, 4.69) is 15.5 Å². The van der Waals surface area contributed by atoms with Crippen LogP contribution in [0.15, 0.2) is 42.5 Å². The SMILES string of the molecule is CC(C)C(=O)Nc1ccc(N2CCN(C(=O)Nc3cccc(Cl)c3)CC2)c(C(=O)N2CCCC2)c1. The Morgan fingerprint density at radius 2 is 1.51 bits per heavy atom. The molecule has 0 radical (unpaired) electrons. The van der Waals surface area contributed by atoms with Crippen LogP contribution in [0.5, 0.6) is 0 Å². The minimum absolute atomic E-state index is 0.0146. The fourth-order valence-corrected chi connectivity index (χ4v) is 4.55. The molecule has 8 nitrogen and oxygen atoms in total. The standard InChI is InChI=1S/C26H32ClN5O3/c1-18(2)24(33)28-21-8-9-23(22(17-21)25(34)31-10-3-4-11-31)30-12-14-32(15-13-30)26(35)29-20-7-5-6-19(27)16-20/h5-9,16-18H,3-4,10-15H2,1-2H3,(H,28,33)(H,29,35). The van der Waals surface area contributed by atoms with Crippen molar-refractivity contribution < 1.29 is 14.4 Å². The molecule has 9 heteroatoms. The highest BCUT2D eigenvalue weighted by molar-refractivity contribution is 6.30. The van der Waals surface area contributed by atoms with Crippen molar-refractivity contribution in [1.82, 2.24) is 9.80 Å². The number of benzene rings is 2. The number of halogens is 1. The topological polar surface area (TPSA) is 85.0 Å². The lowest BCUT2D eigenvalue weighted by atomic mass is 10.1. The van der Waals surface area contributed by atoms with Gasteiger partial charge in [0.05, 0.1) is 5.56 Å². The average Bonchev–Trinajstić information content (AvgIpc) is 3.39. The van der Waals surface area contributed by atoms with Gasteiger partial charge in [-0.3, -0.25) is 9.59 Å². The third-order valence-corrected chi connectivity index (χ3v) is 6.63. The Bertz CT molecular complexity index is 1090. The number of hydrogen-bond donors (Lipinski definition) is 2.